The van der Waals surface area contributed by atoms with E-state index >= 15 is 0 Å². The van der Waals surface area contributed by atoms with Crippen LogP contribution in [0.4, 0.5) is 5.69 Å². The van der Waals surface area contributed by atoms with E-state index in [9.17, 15) is 9.90 Å². The number of anilines is 1. The molecular weight excluding hydrogens is 278 g/mol. The van der Waals surface area contributed by atoms with Gasteiger partial charge in [0.25, 0.3) is 0 Å². The first kappa shape index (κ1) is 15.9. The van der Waals surface area contributed by atoms with Gasteiger partial charge < -0.3 is 15.2 Å². The summed E-state index contributed by atoms with van der Waals surface area (Å²) in [6.45, 7) is 5.97. The highest BCUT2D eigenvalue weighted by Gasteiger charge is 2.11. The van der Waals surface area contributed by atoms with Gasteiger partial charge >= 0.3 is 0 Å². The smallest absolute Gasteiger partial charge is 0.228 e. The number of rotatable bonds is 4. The lowest BCUT2D eigenvalue weighted by Gasteiger charge is -2.21. The molecule has 4 heteroatoms. The molecule has 2 rings (SSSR count). The van der Waals surface area contributed by atoms with E-state index in [0.29, 0.717) is 5.69 Å². The number of carbonyl (C=O) groups is 1. The second-order valence-electron chi connectivity index (χ2n) is 6.13. The summed E-state index contributed by atoms with van der Waals surface area (Å²) in [5.74, 6) is 0.779. The first-order valence-corrected chi connectivity index (χ1v) is 7.19. The van der Waals surface area contributed by atoms with Crippen LogP contribution in [0.25, 0.3) is 0 Å². The average Bonchev–Trinajstić information content (AvgIpc) is 2.39. The summed E-state index contributed by atoms with van der Waals surface area (Å²) in [5.41, 5.74) is 1.24. The number of hydrogen-bond donors (Lipinski definition) is 2. The molecule has 0 aliphatic rings. The van der Waals surface area contributed by atoms with Gasteiger partial charge in [-0.05, 0) is 50.6 Å². The maximum atomic E-state index is 12.0. The zero-order valence-corrected chi connectivity index (χ0v) is 13.1. The van der Waals surface area contributed by atoms with Crippen molar-refractivity contribution in [2.75, 3.05) is 5.32 Å². The number of benzene rings is 2. The van der Waals surface area contributed by atoms with E-state index in [1.807, 2.05) is 45.0 Å². The highest BCUT2D eigenvalue weighted by Crippen LogP contribution is 2.19. The fourth-order valence-electron chi connectivity index (χ4n) is 2.00. The van der Waals surface area contributed by atoms with E-state index in [1.54, 1.807) is 18.2 Å². The molecule has 2 aromatic carbocycles. The van der Waals surface area contributed by atoms with E-state index in [1.165, 1.54) is 6.07 Å². The molecule has 0 saturated heterocycles. The summed E-state index contributed by atoms with van der Waals surface area (Å²) in [6.07, 6.45) is 0.269. The molecule has 0 bridgehead atoms. The largest absolute Gasteiger partial charge is 0.508 e. The molecule has 0 aliphatic carbocycles. The van der Waals surface area contributed by atoms with E-state index in [2.05, 4.69) is 5.32 Å². The summed E-state index contributed by atoms with van der Waals surface area (Å²) in [6, 6.07) is 14.0. The van der Waals surface area contributed by atoms with E-state index in [0.717, 1.165) is 11.3 Å². The normalized spacial score (nSPS) is 11.0. The van der Waals surface area contributed by atoms with E-state index < -0.39 is 0 Å². The van der Waals surface area contributed by atoms with Crippen LogP contribution in [0, 0.1) is 0 Å². The minimum absolute atomic E-state index is 0.126. The Balaban J connectivity index is 1.94. The minimum atomic E-state index is -0.242. The highest BCUT2D eigenvalue weighted by atomic mass is 16.5. The molecule has 2 aromatic rings. The van der Waals surface area contributed by atoms with Crippen LogP contribution in [0.3, 0.4) is 0 Å². The van der Waals surface area contributed by atoms with Gasteiger partial charge in [-0.25, -0.2) is 0 Å². The second-order valence-corrected chi connectivity index (χ2v) is 6.13. The van der Waals surface area contributed by atoms with Crippen molar-refractivity contribution in [1.29, 1.82) is 0 Å². The number of ether oxygens (including phenoxy) is 1. The Bertz CT molecular complexity index is 642. The van der Waals surface area contributed by atoms with Crippen molar-refractivity contribution in [1.82, 2.24) is 0 Å². The molecule has 0 atom stereocenters. The van der Waals surface area contributed by atoms with Crippen molar-refractivity contribution in [2.45, 2.75) is 32.8 Å². The van der Waals surface area contributed by atoms with Crippen LogP contribution in [-0.4, -0.2) is 16.6 Å². The molecular formula is C18H21NO3. The summed E-state index contributed by atoms with van der Waals surface area (Å²) in [7, 11) is 0. The SMILES string of the molecule is CC(C)(C)Oc1ccc(CC(=O)Nc2cccc(O)c2)cc1. The van der Waals surface area contributed by atoms with Crippen LogP contribution >= 0.6 is 0 Å². The van der Waals surface area contributed by atoms with Gasteiger partial charge in [-0.2, -0.15) is 0 Å². The van der Waals surface area contributed by atoms with Crippen molar-refractivity contribution in [3.63, 3.8) is 0 Å². The topological polar surface area (TPSA) is 58.6 Å². The Morgan fingerprint density at radius 3 is 2.41 bits per heavy atom. The molecule has 0 spiro atoms. The maximum absolute atomic E-state index is 12.0. The quantitative estimate of drug-likeness (QED) is 0.904. The Kier molecular flexibility index (Phi) is 4.71. The van der Waals surface area contributed by atoms with Crippen LogP contribution in [0.1, 0.15) is 26.3 Å². The fourth-order valence-corrected chi connectivity index (χ4v) is 2.00. The molecule has 0 fully saturated rings. The van der Waals surface area contributed by atoms with Gasteiger partial charge in [0, 0.05) is 11.8 Å². The Labute approximate surface area is 130 Å². The van der Waals surface area contributed by atoms with Gasteiger partial charge in [-0.3, -0.25) is 4.79 Å². The first-order valence-electron chi connectivity index (χ1n) is 7.19. The van der Waals surface area contributed by atoms with Crippen LogP contribution in [0.15, 0.2) is 48.5 Å². The van der Waals surface area contributed by atoms with E-state index in [-0.39, 0.29) is 23.7 Å². The van der Waals surface area contributed by atoms with Gasteiger partial charge in [0.2, 0.25) is 5.91 Å². The summed E-state index contributed by atoms with van der Waals surface area (Å²) < 4.78 is 5.74. The zero-order valence-electron chi connectivity index (χ0n) is 13.1. The molecule has 0 heterocycles. The number of hydrogen-bond acceptors (Lipinski definition) is 3. The molecule has 22 heavy (non-hydrogen) atoms. The highest BCUT2D eigenvalue weighted by molar-refractivity contribution is 5.92. The molecule has 0 radical (unpaired) electrons. The number of phenols is 1. The predicted molar refractivity (Wildman–Crippen MR) is 87.3 cm³/mol. The monoisotopic (exact) mass is 299 g/mol. The van der Waals surface area contributed by atoms with Crippen LogP contribution in [0.5, 0.6) is 11.5 Å². The molecule has 116 valence electrons. The lowest BCUT2D eigenvalue weighted by Crippen LogP contribution is -2.22. The third-order valence-corrected chi connectivity index (χ3v) is 2.84. The number of amides is 1. The third kappa shape index (κ3) is 5.13. The number of carbonyl (C=O) groups excluding carboxylic acids is 1. The number of phenolic OH excluding ortho intramolecular Hbond substituents is 1. The predicted octanol–water partition coefficient (Wildman–Crippen LogP) is 3.75. The standard InChI is InChI=1S/C18H21NO3/c1-18(2,3)22-16-9-7-13(8-10-16)11-17(21)19-14-5-4-6-15(20)12-14/h4-10,12,20H,11H2,1-3H3,(H,19,21). The van der Waals surface area contributed by atoms with Gasteiger partial charge in [0.05, 0.1) is 6.42 Å². The minimum Gasteiger partial charge on any atom is -0.508 e. The molecule has 0 aliphatic heterocycles. The maximum Gasteiger partial charge on any atom is 0.228 e. The van der Waals surface area contributed by atoms with Crippen molar-refractivity contribution >= 4 is 11.6 Å². The van der Waals surface area contributed by atoms with Crippen molar-refractivity contribution in [3.8, 4) is 11.5 Å². The van der Waals surface area contributed by atoms with E-state index in [4.69, 9.17) is 4.74 Å². The average molecular weight is 299 g/mol. The number of nitrogens with one attached hydrogen (secondary N) is 1. The Morgan fingerprint density at radius 2 is 1.82 bits per heavy atom. The molecule has 1 amide bonds. The zero-order chi connectivity index (χ0) is 16.2. The summed E-state index contributed by atoms with van der Waals surface area (Å²) in [4.78, 5) is 12.0. The molecule has 2 N–H and O–H groups in total. The lowest BCUT2D eigenvalue weighted by atomic mass is 10.1. The van der Waals surface area contributed by atoms with Gasteiger partial charge in [-0.15, -0.1) is 0 Å². The van der Waals surface area contributed by atoms with Gasteiger partial charge in [0.1, 0.15) is 17.1 Å². The fraction of sp³-hybridized carbons (Fsp3) is 0.278. The Hall–Kier alpha value is -2.49. The van der Waals surface area contributed by atoms with Crippen LogP contribution in [-0.2, 0) is 11.2 Å². The second kappa shape index (κ2) is 6.52. The molecule has 0 saturated carbocycles. The number of aromatic hydroxyl groups is 1. The summed E-state index contributed by atoms with van der Waals surface area (Å²) in [5, 5.41) is 12.1. The first-order chi connectivity index (χ1) is 10.3. The molecule has 0 aromatic heterocycles. The third-order valence-electron chi connectivity index (χ3n) is 2.84. The van der Waals surface area contributed by atoms with Gasteiger partial charge in [-0.1, -0.05) is 18.2 Å². The summed E-state index contributed by atoms with van der Waals surface area (Å²) >= 11 is 0. The van der Waals surface area contributed by atoms with Gasteiger partial charge in [0.15, 0.2) is 0 Å². The van der Waals surface area contributed by atoms with Crippen molar-refractivity contribution < 1.29 is 14.6 Å². The van der Waals surface area contributed by atoms with Crippen LogP contribution < -0.4 is 10.1 Å². The lowest BCUT2D eigenvalue weighted by molar-refractivity contribution is -0.115. The molecule has 4 nitrogen and oxygen atoms in total. The van der Waals surface area contributed by atoms with Crippen molar-refractivity contribution in [2.24, 2.45) is 0 Å². The van der Waals surface area contributed by atoms with Crippen molar-refractivity contribution in [3.05, 3.63) is 54.1 Å². The molecule has 0 unspecified atom stereocenters. The van der Waals surface area contributed by atoms with Crippen LogP contribution in [0.2, 0.25) is 0 Å². The Morgan fingerprint density at radius 1 is 1.14 bits per heavy atom.